The van der Waals surface area contributed by atoms with Crippen LogP contribution >= 0.6 is 0 Å². The highest BCUT2D eigenvalue weighted by atomic mass is 32.2. The van der Waals surface area contributed by atoms with E-state index < -0.39 is 10.0 Å². The zero-order chi connectivity index (χ0) is 12.3. The van der Waals surface area contributed by atoms with Gasteiger partial charge in [-0.2, -0.15) is 9.40 Å². The molecule has 1 unspecified atom stereocenters. The number of H-pyrrole nitrogens is 1. The Balaban J connectivity index is 2.24. The second-order valence-corrected chi connectivity index (χ2v) is 6.38. The van der Waals surface area contributed by atoms with Crippen LogP contribution in [-0.2, 0) is 10.0 Å². The van der Waals surface area contributed by atoms with E-state index in [-0.39, 0.29) is 10.9 Å². The zero-order valence-electron chi connectivity index (χ0n) is 10.1. The van der Waals surface area contributed by atoms with Gasteiger partial charge >= 0.3 is 0 Å². The van der Waals surface area contributed by atoms with E-state index in [4.69, 9.17) is 0 Å². The Hall–Kier alpha value is -0.880. The van der Waals surface area contributed by atoms with Crippen LogP contribution in [0.15, 0.2) is 17.3 Å². The topological polar surface area (TPSA) is 66.1 Å². The summed E-state index contributed by atoms with van der Waals surface area (Å²) in [5, 5.41) is 6.29. The van der Waals surface area contributed by atoms with Crippen LogP contribution in [0.4, 0.5) is 0 Å². The summed E-state index contributed by atoms with van der Waals surface area (Å²) in [6.45, 7) is 2.73. The van der Waals surface area contributed by atoms with E-state index in [0.29, 0.717) is 6.54 Å². The standard InChI is InChI=1S/C11H19N3O2S/c1-2-5-10-6-3-4-7-14(10)17(15,16)11-8-12-13-9-11/h8-10H,2-7H2,1H3,(H,12,13). The van der Waals surface area contributed by atoms with Crippen LogP contribution in [0.1, 0.15) is 39.0 Å². The summed E-state index contributed by atoms with van der Waals surface area (Å²) in [4.78, 5) is 0.278. The molecule has 1 aliphatic heterocycles. The van der Waals surface area contributed by atoms with E-state index in [9.17, 15) is 8.42 Å². The number of rotatable bonds is 4. The van der Waals surface area contributed by atoms with Crippen molar-refractivity contribution in [2.45, 2.75) is 50.0 Å². The number of nitrogens with zero attached hydrogens (tertiary/aromatic N) is 2. The van der Waals surface area contributed by atoms with Crippen molar-refractivity contribution in [3.63, 3.8) is 0 Å². The number of sulfonamides is 1. The third-order valence-corrected chi connectivity index (χ3v) is 5.19. The van der Waals surface area contributed by atoms with E-state index in [1.54, 1.807) is 4.31 Å². The van der Waals surface area contributed by atoms with E-state index in [2.05, 4.69) is 17.1 Å². The lowest BCUT2D eigenvalue weighted by Crippen LogP contribution is -2.43. The van der Waals surface area contributed by atoms with Crippen molar-refractivity contribution in [3.8, 4) is 0 Å². The van der Waals surface area contributed by atoms with Crippen LogP contribution < -0.4 is 0 Å². The summed E-state index contributed by atoms with van der Waals surface area (Å²) in [7, 11) is -3.35. The molecule has 6 heteroatoms. The Kier molecular flexibility index (Phi) is 3.83. The first-order valence-corrected chi connectivity index (χ1v) is 7.61. The number of hydrogen-bond acceptors (Lipinski definition) is 3. The summed E-state index contributed by atoms with van der Waals surface area (Å²) in [6.07, 6.45) is 7.85. The molecule has 1 aromatic rings. The van der Waals surface area contributed by atoms with Crippen LogP contribution in [-0.4, -0.2) is 35.5 Å². The molecule has 0 saturated carbocycles. The largest absolute Gasteiger partial charge is 0.284 e. The molecule has 1 fully saturated rings. The van der Waals surface area contributed by atoms with Crippen molar-refractivity contribution < 1.29 is 8.42 Å². The number of aromatic nitrogens is 2. The van der Waals surface area contributed by atoms with E-state index in [1.165, 1.54) is 12.4 Å². The third kappa shape index (κ3) is 2.52. The molecule has 0 radical (unpaired) electrons. The minimum Gasteiger partial charge on any atom is -0.284 e. The van der Waals surface area contributed by atoms with Gasteiger partial charge in [-0.05, 0) is 19.3 Å². The molecule has 0 bridgehead atoms. The predicted octanol–water partition coefficient (Wildman–Crippen LogP) is 1.75. The van der Waals surface area contributed by atoms with Gasteiger partial charge in [0.15, 0.2) is 0 Å². The number of aromatic amines is 1. The minimum absolute atomic E-state index is 0.161. The molecule has 17 heavy (non-hydrogen) atoms. The van der Waals surface area contributed by atoms with Gasteiger partial charge in [0.25, 0.3) is 0 Å². The van der Waals surface area contributed by atoms with Crippen molar-refractivity contribution in [1.29, 1.82) is 0 Å². The average molecular weight is 257 g/mol. The molecule has 1 atom stereocenters. The monoisotopic (exact) mass is 257 g/mol. The van der Waals surface area contributed by atoms with Gasteiger partial charge in [0.2, 0.25) is 10.0 Å². The Bertz CT molecular complexity index is 439. The first-order chi connectivity index (χ1) is 8.16. The van der Waals surface area contributed by atoms with Crippen molar-refractivity contribution in [2.75, 3.05) is 6.54 Å². The maximum absolute atomic E-state index is 12.4. The molecule has 1 aliphatic rings. The molecule has 1 N–H and O–H groups in total. The predicted molar refractivity (Wildman–Crippen MR) is 65.0 cm³/mol. The van der Waals surface area contributed by atoms with Gasteiger partial charge < -0.3 is 0 Å². The second kappa shape index (κ2) is 5.18. The van der Waals surface area contributed by atoms with E-state index in [1.807, 2.05) is 0 Å². The highest BCUT2D eigenvalue weighted by molar-refractivity contribution is 7.89. The Morgan fingerprint density at radius 2 is 2.35 bits per heavy atom. The van der Waals surface area contributed by atoms with Gasteiger partial charge in [-0.1, -0.05) is 19.8 Å². The average Bonchev–Trinajstić information content (AvgIpc) is 2.84. The molecule has 2 heterocycles. The maximum Gasteiger partial charge on any atom is 0.246 e. The fourth-order valence-electron chi connectivity index (χ4n) is 2.43. The highest BCUT2D eigenvalue weighted by Gasteiger charge is 2.33. The van der Waals surface area contributed by atoms with Gasteiger partial charge in [-0.3, -0.25) is 5.10 Å². The van der Waals surface area contributed by atoms with Crippen molar-refractivity contribution in [1.82, 2.24) is 14.5 Å². The normalized spacial score (nSPS) is 22.8. The highest BCUT2D eigenvalue weighted by Crippen LogP contribution is 2.27. The van der Waals surface area contributed by atoms with Crippen LogP contribution in [0, 0.1) is 0 Å². The number of nitrogens with one attached hydrogen (secondary N) is 1. The molecule has 0 aliphatic carbocycles. The molecule has 0 spiro atoms. The van der Waals surface area contributed by atoms with Crippen LogP contribution in [0.3, 0.4) is 0 Å². The molecule has 1 aromatic heterocycles. The molecule has 1 saturated heterocycles. The fourth-order valence-corrected chi connectivity index (χ4v) is 4.06. The fraction of sp³-hybridized carbons (Fsp3) is 0.727. The number of piperidine rings is 1. The van der Waals surface area contributed by atoms with Crippen molar-refractivity contribution in [3.05, 3.63) is 12.4 Å². The molecular formula is C11H19N3O2S. The molecule has 96 valence electrons. The molecule has 0 amide bonds. The summed E-state index contributed by atoms with van der Waals surface area (Å²) >= 11 is 0. The quantitative estimate of drug-likeness (QED) is 0.893. The zero-order valence-corrected chi connectivity index (χ0v) is 10.9. The van der Waals surface area contributed by atoms with Gasteiger partial charge in [-0.15, -0.1) is 0 Å². The van der Waals surface area contributed by atoms with E-state index in [0.717, 1.165) is 32.1 Å². The first-order valence-electron chi connectivity index (χ1n) is 6.17. The van der Waals surface area contributed by atoms with Gasteiger partial charge in [0.05, 0.1) is 6.20 Å². The SMILES string of the molecule is CCCC1CCCCN1S(=O)(=O)c1cn[nH]c1. The first kappa shape index (κ1) is 12.6. The minimum atomic E-state index is -3.35. The summed E-state index contributed by atoms with van der Waals surface area (Å²) in [6, 6.07) is 0.161. The molecule has 5 nitrogen and oxygen atoms in total. The molecular weight excluding hydrogens is 238 g/mol. The Morgan fingerprint density at radius 1 is 1.53 bits per heavy atom. The van der Waals surface area contributed by atoms with Crippen LogP contribution in [0.25, 0.3) is 0 Å². The van der Waals surface area contributed by atoms with Crippen molar-refractivity contribution >= 4 is 10.0 Å². The summed E-state index contributed by atoms with van der Waals surface area (Å²) < 4.78 is 26.5. The second-order valence-electron chi connectivity index (χ2n) is 4.49. The summed E-state index contributed by atoms with van der Waals surface area (Å²) in [5.74, 6) is 0. The maximum atomic E-state index is 12.4. The van der Waals surface area contributed by atoms with E-state index >= 15 is 0 Å². The van der Waals surface area contributed by atoms with Crippen molar-refractivity contribution in [2.24, 2.45) is 0 Å². The van der Waals surface area contributed by atoms with Gasteiger partial charge in [0, 0.05) is 18.8 Å². The summed E-state index contributed by atoms with van der Waals surface area (Å²) in [5.41, 5.74) is 0. The van der Waals surface area contributed by atoms with Gasteiger partial charge in [-0.25, -0.2) is 8.42 Å². The molecule has 0 aromatic carbocycles. The Morgan fingerprint density at radius 3 is 3.00 bits per heavy atom. The third-order valence-electron chi connectivity index (χ3n) is 3.27. The lowest BCUT2D eigenvalue weighted by molar-refractivity contribution is 0.239. The number of hydrogen-bond donors (Lipinski definition) is 1. The smallest absolute Gasteiger partial charge is 0.246 e. The lowest BCUT2D eigenvalue weighted by Gasteiger charge is -2.34. The Labute approximate surface area is 102 Å². The van der Waals surface area contributed by atoms with Gasteiger partial charge in [0.1, 0.15) is 4.90 Å². The van der Waals surface area contributed by atoms with Crippen LogP contribution in [0.5, 0.6) is 0 Å². The molecule has 2 rings (SSSR count). The lowest BCUT2D eigenvalue weighted by atomic mass is 10.0. The van der Waals surface area contributed by atoms with Crippen LogP contribution in [0.2, 0.25) is 0 Å².